The molecule has 3 aromatic carbocycles. The van der Waals surface area contributed by atoms with Gasteiger partial charge in [0, 0.05) is 18.2 Å². The van der Waals surface area contributed by atoms with Gasteiger partial charge in [0.15, 0.2) is 0 Å². The van der Waals surface area contributed by atoms with Gasteiger partial charge in [-0.05, 0) is 61.1 Å². The molecule has 0 aromatic heterocycles. The molecule has 7 nitrogen and oxygen atoms in total. The van der Waals surface area contributed by atoms with Crippen LogP contribution < -0.4 is 10.6 Å². The van der Waals surface area contributed by atoms with E-state index < -0.39 is 6.10 Å². The lowest BCUT2D eigenvalue weighted by Gasteiger charge is -2.28. The zero-order valence-corrected chi connectivity index (χ0v) is 20.8. The number of nitrogens with one attached hydrogen (secondary N) is 2. The lowest BCUT2D eigenvalue weighted by Crippen LogP contribution is -2.43. The Morgan fingerprint density at radius 2 is 1.53 bits per heavy atom. The predicted octanol–water partition coefficient (Wildman–Crippen LogP) is 3.00. The highest BCUT2D eigenvalue weighted by Crippen LogP contribution is 2.25. The summed E-state index contributed by atoms with van der Waals surface area (Å²) in [5.74, 6) is -0.346. The van der Waals surface area contributed by atoms with Crippen LogP contribution in [0, 0.1) is 0 Å². The molecule has 0 fully saturated rings. The van der Waals surface area contributed by atoms with Crippen molar-refractivity contribution < 1.29 is 25.2 Å². The van der Waals surface area contributed by atoms with Crippen molar-refractivity contribution >= 4 is 5.91 Å². The fourth-order valence-corrected chi connectivity index (χ4v) is 4.25. The third-order valence-electron chi connectivity index (χ3n) is 6.00. The molecule has 0 radical (unpaired) electrons. The van der Waals surface area contributed by atoms with E-state index in [1.807, 2.05) is 68.4 Å². The standard InChI is InChI=1S/C29H36N2O5/c1-29(2,30-18-27(35)23-14-25(33)16-26(34)15-23)17-22-10-6-9-21(11-22)13-28(36)31-24(19-32)12-20-7-4-3-5-8-20/h3-11,14-16,24,27,30,32-35H,12-13,17-19H2,1-2H3,(H,31,36)/t24-,27?/m0/s1. The van der Waals surface area contributed by atoms with E-state index in [1.165, 1.54) is 18.2 Å². The van der Waals surface area contributed by atoms with Crippen molar-refractivity contribution in [3.8, 4) is 11.5 Å². The maximum Gasteiger partial charge on any atom is 0.224 e. The highest BCUT2D eigenvalue weighted by atomic mass is 16.3. The number of β-amino-alcohol motifs (C(OH)–C–C–N with tert-alkyl or cyclic N) is 1. The van der Waals surface area contributed by atoms with Crippen molar-refractivity contribution in [2.75, 3.05) is 13.2 Å². The normalized spacial score (nSPS) is 13.2. The second-order valence-electron chi connectivity index (χ2n) is 9.87. The molecular weight excluding hydrogens is 456 g/mol. The van der Waals surface area contributed by atoms with Crippen molar-refractivity contribution in [1.29, 1.82) is 0 Å². The molecule has 3 rings (SSSR count). The lowest BCUT2D eigenvalue weighted by atomic mass is 9.93. The van der Waals surface area contributed by atoms with Crippen LogP contribution in [0.25, 0.3) is 0 Å². The van der Waals surface area contributed by atoms with Gasteiger partial charge in [-0.2, -0.15) is 0 Å². The number of aliphatic hydroxyl groups excluding tert-OH is 2. The van der Waals surface area contributed by atoms with Gasteiger partial charge in [-0.25, -0.2) is 0 Å². The number of carbonyl (C=O) groups excluding carboxylic acids is 1. The van der Waals surface area contributed by atoms with Crippen LogP contribution in [-0.4, -0.2) is 51.1 Å². The zero-order chi connectivity index (χ0) is 26.1. The average molecular weight is 493 g/mol. The Balaban J connectivity index is 1.54. The second kappa shape index (κ2) is 12.5. The van der Waals surface area contributed by atoms with Gasteiger partial charge in [-0.3, -0.25) is 4.79 Å². The van der Waals surface area contributed by atoms with E-state index in [2.05, 4.69) is 10.6 Å². The van der Waals surface area contributed by atoms with E-state index in [-0.39, 0.29) is 48.6 Å². The predicted molar refractivity (Wildman–Crippen MR) is 140 cm³/mol. The number of aromatic hydroxyl groups is 2. The molecule has 0 bridgehead atoms. The molecular formula is C29H36N2O5. The van der Waals surface area contributed by atoms with Crippen molar-refractivity contribution in [3.63, 3.8) is 0 Å². The molecule has 192 valence electrons. The number of amides is 1. The van der Waals surface area contributed by atoms with Crippen molar-refractivity contribution in [2.45, 2.75) is 50.8 Å². The fraction of sp³-hybridized carbons (Fsp3) is 0.345. The van der Waals surface area contributed by atoms with Crippen molar-refractivity contribution in [2.24, 2.45) is 0 Å². The first-order chi connectivity index (χ1) is 17.1. The van der Waals surface area contributed by atoms with Crippen LogP contribution in [0.3, 0.4) is 0 Å². The van der Waals surface area contributed by atoms with Gasteiger partial charge >= 0.3 is 0 Å². The van der Waals surface area contributed by atoms with E-state index in [4.69, 9.17) is 0 Å². The number of carbonyl (C=O) groups is 1. The van der Waals surface area contributed by atoms with Gasteiger partial charge < -0.3 is 31.1 Å². The maximum absolute atomic E-state index is 12.6. The van der Waals surface area contributed by atoms with Crippen LogP contribution in [0.1, 0.15) is 42.2 Å². The third kappa shape index (κ3) is 8.68. The maximum atomic E-state index is 12.6. The highest BCUT2D eigenvalue weighted by Gasteiger charge is 2.21. The molecule has 0 aliphatic heterocycles. The van der Waals surface area contributed by atoms with Gasteiger partial charge in [-0.1, -0.05) is 54.6 Å². The van der Waals surface area contributed by atoms with Crippen LogP contribution >= 0.6 is 0 Å². The first-order valence-electron chi connectivity index (χ1n) is 12.1. The van der Waals surface area contributed by atoms with Gasteiger partial charge in [-0.15, -0.1) is 0 Å². The number of hydrogen-bond acceptors (Lipinski definition) is 6. The molecule has 0 aliphatic rings. The summed E-state index contributed by atoms with van der Waals surface area (Å²) in [6.07, 6.45) is 0.546. The summed E-state index contributed by atoms with van der Waals surface area (Å²) < 4.78 is 0. The minimum Gasteiger partial charge on any atom is -0.508 e. The molecule has 1 unspecified atom stereocenters. The number of benzene rings is 3. The Bertz CT molecular complexity index is 1110. The number of hydrogen-bond donors (Lipinski definition) is 6. The number of rotatable bonds is 12. The second-order valence-corrected chi connectivity index (χ2v) is 9.87. The molecule has 0 saturated heterocycles. The monoisotopic (exact) mass is 492 g/mol. The number of aliphatic hydroxyl groups is 2. The molecule has 1 amide bonds. The molecule has 0 spiro atoms. The van der Waals surface area contributed by atoms with E-state index in [0.717, 1.165) is 16.7 Å². The SMILES string of the molecule is CC(C)(Cc1cccc(CC(=O)N[C@H](CO)Cc2ccccc2)c1)NCC(O)c1cc(O)cc(O)c1. The number of phenols is 2. The van der Waals surface area contributed by atoms with Crippen molar-refractivity contribution in [3.05, 3.63) is 95.1 Å². The average Bonchev–Trinajstić information content (AvgIpc) is 2.82. The summed E-state index contributed by atoms with van der Waals surface area (Å²) in [7, 11) is 0. The molecule has 3 aromatic rings. The first-order valence-corrected chi connectivity index (χ1v) is 12.1. The van der Waals surface area contributed by atoms with Gasteiger partial charge in [0.2, 0.25) is 5.91 Å². The van der Waals surface area contributed by atoms with Crippen LogP contribution in [0.2, 0.25) is 0 Å². The minimum absolute atomic E-state index is 0.102. The quantitative estimate of drug-likeness (QED) is 0.231. The molecule has 36 heavy (non-hydrogen) atoms. The third-order valence-corrected chi connectivity index (χ3v) is 6.00. The van der Waals surface area contributed by atoms with E-state index in [9.17, 15) is 25.2 Å². The van der Waals surface area contributed by atoms with E-state index >= 15 is 0 Å². The van der Waals surface area contributed by atoms with Crippen LogP contribution in [-0.2, 0) is 24.1 Å². The van der Waals surface area contributed by atoms with E-state index in [0.29, 0.717) is 18.4 Å². The van der Waals surface area contributed by atoms with Gasteiger partial charge in [0.05, 0.1) is 25.2 Å². The Kier molecular flexibility index (Phi) is 9.47. The molecule has 0 aliphatic carbocycles. The minimum atomic E-state index is -0.896. The molecule has 6 N–H and O–H groups in total. The Hall–Kier alpha value is -3.39. The molecule has 2 atom stereocenters. The summed E-state index contributed by atoms with van der Waals surface area (Å²) in [6.45, 7) is 4.15. The highest BCUT2D eigenvalue weighted by molar-refractivity contribution is 5.79. The molecule has 0 heterocycles. The van der Waals surface area contributed by atoms with E-state index in [1.54, 1.807) is 0 Å². The lowest BCUT2D eigenvalue weighted by molar-refractivity contribution is -0.121. The van der Waals surface area contributed by atoms with Gasteiger partial charge in [0.25, 0.3) is 0 Å². The smallest absolute Gasteiger partial charge is 0.224 e. The summed E-state index contributed by atoms with van der Waals surface area (Å²) >= 11 is 0. The van der Waals surface area contributed by atoms with Crippen LogP contribution in [0.5, 0.6) is 11.5 Å². The topological polar surface area (TPSA) is 122 Å². The summed E-state index contributed by atoms with van der Waals surface area (Å²) in [6, 6.07) is 21.3. The Morgan fingerprint density at radius 3 is 2.19 bits per heavy atom. The summed E-state index contributed by atoms with van der Waals surface area (Å²) in [5.41, 5.74) is 3.05. The van der Waals surface area contributed by atoms with Crippen molar-refractivity contribution in [1.82, 2.24) is 10.6 Å². The zero-order valence-electron chi connectivity index (χ0n) is 20.8. The Labute approximate surface area is 212 Å². The number of phenolic OH excluding ortho intramolecular Hbond substituents is 2. The largest absolute Gasteiger partial charge is 0.508 e. The van der Waals surface area contributed by atoms with Crippen LogP contribution in [0.4, 0.5) is 0 Å². The molecule has 0 saturated carbocycles. The first kappa shape index (κ1) is 27.2. The summed E-state index contributed by atoms with van der Waals surface area (Å²) in [4.78, 5) is 12.6. The fourth-order valence-electron chi connectivity index (χ4n) is 4.25. The Morgan fingerprint density at radius 1 is 0.889 bits per heavy atom. The van der Waals surface area contributed by atoms with Crippen LogP contribution in [0.15, 0.2) is 72.8 Å². The molecule has 7 heteroatoms. The van der Waals surface area contributed by atoms with Gasteiger partial charge in [0.1, 0.15) is 11.5 Å². The summed E-state index contributed by atoms with van der Waals surface area (Å²) in [5, 5.41) is 45.7.